The van der Waals surface area contributed by atoms with Crippen LogP contribution in [0.4, 0.5) is 5.69 Å². The third kappa shape index (κ3) is 3.62. The van der Waals surface area contributed by atoms with Crippen molar-refractivity contribution in [2.45, 2.75) is 19.9 Å². The van der Waals surface area contributed by atoms with Gasteiger partial charge < -0.3 is 15.2 Å². The van der Waals surface area contributed by atoms with Crippen LogP contribution < -0.4 is 10.1 Å². The number of carboxylic acids is 1. The first-order valence-corrected chi connectivity index (χ1v) is 6.97. The van der Waals surface area contributed by atoms with Gasteiger partial charge in [0.2, 0.25) is 0 Å². The zero-order valence-corrected chi connectivity index (χ0v) is 13.5. The van der Waals surface area contributed by atoms with E-state index in [-0.39, 0.29) is 6.04 Å². The minimum absolute atomic E-state index is 0.190. The number of methoxy groups -OCH3 is 1. The highest BCUT2D eigenvalue weighted by Crippen LogP contribution is 2.35. The fourth-order valence-corrected chi connectivity index (χ4v) is 2.65. The van der Waals surface area contributed by atoms with Crippen LogP contribution in [-0.4, -0.2) is 24.2 Å². The van der Waals surface area contributed by atoms with Crippen LogP contribution in [0.15, 0.2) is 21.1 Å². The molecule has 0 saturated heterocycles. The molecule has 18 heavy (non-hydrogen) atoms. The molecule has 6 heteroatoms. The molecule has 0 aliphatic carbocycles. The number of anilines is 1. The molecule has 0 aliphatic rings. The van der Waals surface area contributed by atoms with E-state index in [2.05, 4.69) is 37.2 Å². The number of aliphatic carboxylic acids is 1. The first-order valence-electron chi connectivity index (χ1n) is 5.39. The number of nitrogens with one attached hydrogen (secondary N) is 1. The lowest BCUT2D eigenvalue weighted by Gasteiger charge is -2.20. The second-order valence-electron chi connectivity index (χ2n) is 4.03. The Kier molecular flexibility index (Phi) is 5.47. The van der Waals surface area contributed by atoms with Gasteiger partial charge in [-0.15, -0.1) is 0 Å². The Labute approximate surface area is 123 Å². The number of halogens is 2. The molecule has 0 bridgehead atoms. The molecule has 1 rings (SSSR count). The summed E-state index contributed by atoms with van der Waals surface area (Å²) in [6, 6.07) is 3.49. The number of carboxylic acid groups (broad SMARTS) is 1. The van der Waals surface area contributed by atoms with Gasteiger partial charge in [0.05, 0.1) is 23.2 Å². The average Bonchev–Trinajstić information content (AvgIpc) is 2.31. The standard InChI is InChI=1S/C12H15Br2NO3/c1-6(12(16)17)7(2)15-10-5-11(18-3)9(14)4-8(10)13/h4-7,15H,1-3H3,(H,16,17). The van der Waals surface area contributed by atoms with E-state index in [1.54, 1.807) is 14.0 Å². The summed E-state index contributed by atoms with van der Waals surface area (Å²) in [4.78, 5) is 10.9. The molecule has 4 nitrogen and oxygen atoms in total. The lowest BCUT2D eigenvalue weighted by Crippen LogP contribution is -2.29. The number of rotatable bonds is 5. The summed E-state index contributed by atoms with van der Waals surface area (Å²) in [5.41, 5.74) is 0.802. The lowest BCUT2D eigenvalue weighted by molar-refractivity contribution is -0.141. The molecule has 0 aromatic heterocycles. The van der Waals surface area contributed by atoms with Crippen molar-refractivity contribution < 1.29 is 14.6 Å². The molecular formula is C12H15Br2NO3. The van der Waals surface area contributed by atoms with E-state index < -0.39 is 11.9 Å². The summed E-state index contributed by atoms with van der Waals surface area (Å²) < 4.78 is 6.89. The van der Waals surface area contributed by atoms with Crippen molar-refractivity contribution in [1.82, 2.24) is 0 Å². The van der Waals surface area contributed by atoms with Gasteiger partial charge in [-0.2, -0.15) is 0 Å². The monoisotopic (exact) mass is 379 g/mol. The molecule has 0 saturated carbocycles. The van der Waals surface area contributed by atoms with E-state index in [0.29, 0.717) is 5.75 Å². The van der Waals surface area contributed by atoms with Crippen molar-refractivity contribution in [2.75, 3.05) is 12.4 Å². The van der Waals surface area contributed by atoms with Gasteiger partial charge in [0, 0.05) is 16.6 Å². The Balaban J connectivity index is 2.94. The summed E-state index contributed by atoms with van der Waals surface area (Å²) in [7, 11) is 1.58. The van der Waals surface area contributed by atoms with Crippen molar-refractivity contribution in [3.05, 3.63) is 21.1 Å². The number of carbonyl (C=O) groups is 1. The predicted octanol–water partition coefficient (Wildman–Crippen LogP) is 3.74. The summed E-state index contributed by atoms with van der Waals surface area (Å²) in [6.45, 7) is 3.50. The largest absolute Gasteiger partial charge is 0.495 e. The van der Waals surface area contributed by atoms with Gasteiger partial charge in [-0.25, -0.2) is 0 Å². The van der Waals surface area contributed by atoms with Gasteiger partial charge in [-0.05, 0) is 51.8 Å². The van der Waals surface area contributed by atoms with Crippen LogP contribution in [0.25, 0.3) is 0 Å². The first-order chi connectivity index (χ1) is 8.36. The van der Waals surface area contributed by atoms with Crippen molar-refractivity contribution in [3.8, 4) is 5.75 Å². The van der Waals surface area contributed by atoms with Crippen molar-refractivity contribution in [3.63, 3.8) is 0 Å². The van der Waals surface area contributed by atoms with Crippen LogP contribution in [0.3, 0.4) is 0 Å². The smallest absolute Gasteiger partial charge is 0.308 e. The third-order valence-electron chi connectivity index (χ3n) is 2.76. The average molecular weight is 381 g/mol. The van der Waals surface area contributed by atoms with E-state index >= 15 is 0 Å². The zero-order valence-electron chi connectivity index (χ0n) is 10.3. The molecule has 2 atom stereocenters. The highest BCUT2D eigenvalue weighted by atomic mass is 79.9. The summed E-state index contributed by atoms with van der Waals surface area (Å²) in [6.07, 6.45) is 0. The molecule has 1 aromatic rings. The Morgan fingerprint density at radius 3 is 2.44 bits per heavy atom. The summed E-state index contributed by atoms with van der Waals surface area (Å²) >= 11 is 6.81. The van der Waals surface area contributed by atoms with Crippen LogP contribution in [-0.2, 0) is 4.79 Å². The number of ether oxygens (including phenoxy) is 1. The number of benzene rings is 1. The molecule has 0 radical (unpaired) electrons. The highest BCUT2D eigenvalue weighted by Gasteiger charge is 2.20. The number of hydrogen-bond acceptors (Lipinski definition) is 3. The van der Waals surface area contributed by atoms with Gasteiger partial charge in [0.15, 0.2) is 0 Å². The maximum atomic E-state index is 10.9. The van der Waals surface area contributed by atoms with Crippen LogP contribution in [0.1, 0.15) is 13.8 Å². The molecule has 2 N–H and O–H groups in total. The molecule has 0 spiro atoms. The maximum absolute atomic E-state index is 10.9. The molecule has 2 unspecified atom stereocenters. The van der Waals surface area contributed by atoms with Gasteiger partial charge in [0.1, 0.15) is 5.75 Å². The maximum Gasteiger partial charge on any atom is 0.308 e. The summed E-state index contributed by atoms with van der Waals surface area (Å²) in [5, 5.41) is 12.1. The molecule has 0 heterocycles. The normalized spacial score (nSPS) is 13.8. The molecular weight excluding hydrogens is 366 g/mol. The van der Waals surface area contributed by atoms with Crippen LogP contribution in [0.2, 0.25) is 0 Å². The predicted molar refractivity (Wildman–Crippen MR) is 78.3 cm³/mol. The Hall–Kier alpha value is -0.750. The van der Waals surface area contributed by atoms with Crippen molar-refractivity contribution >= 4 is 43.5 Å². The molecule has 100 valence electrons. The first kappa shape index (κ1) is 15.3. The SMILES string of the molecule is COc1cc(NC(C)C(C)C(=O)O)c(Br)cc1Br. The van der Waals surface area contributed by atoms with Gasteiger partial charge in [-0.1, -0.05) is 0 Å². The molecule has 0 aliphatic heterocycles. The molecule has 0 fully saturated rings. The van der Waals surface area contributed by atoms with E-state index in [9.17, 15) is 4.79 Å². The van der Waals surface area contributed by atoms with Crippen LogP contribution in [0.5, 0.6) is 5.75 Å². The van der Waals surface area contributed by atoms with Gasteiger partial charge >= 0.3 is 5.97 Å². The molecule has 1 aromatic carbocycles. The minimum Gasteiger partial charge on any atom is -0.495 e. The second-order valence-corrected chi connectivity index (χ2v) is 5.74. The minimum atomic E-state index is -0.824. The quantitative estimate of drug-likeness (QED) is 0.816. The van der Waals surface area contributed by atoms with E-state index in [1.807, 2.05) is 19.1 Å². The van der Waals surface area contributed by atoms with Gasteiger partial charge in [-0.3, -0.25) is 4.79 Å². The van der Waals surface area contributed by atoms with Gasteiger partial charge in [0.25, 0.3) is 0 Å². The van der Waals surface area contributed by atoms with E-state index in [1.165, 1.54) is 0 Å². The van der Waals surface area contributed by atoms with Crippen molar-refractivity contribution in [2.24, 2.45) is 5.92 Å². The fraction of sp³-hybridized carbons (Fsp3) is 0.417. The Morgan fingerprint density at radius 1 is 1.33 bits per heavy atom. The fourth-order valence-electron chi connectivity index (χ4n) is 1.38. The Morgan fingerprint density at radius 2 is 1.94 bits per heavy atom. The zero-order chi connectivity index (χ0) is 13.9. The molecule has 0 amide bonds. The van der Waals surface area contributed by atoms with Crippen molar-refractivity contribution in [1.29, 1.82) is 0 Å². The van der Waals surface area contributed by atoms with E-state index in [4.69, 9.17) is 9.84 Å². The summed E-state index contributed by atoms with van der Waals surface area (Å²) in [5.74, 6) is -0.613. The topological polar surface area (TPSA) is 58.6 Å². The van der Waals surface area contributed by atoms with Crippen LogP contribution in [0, 0.1) is 5.92 Å². The second kappa shape index (κ2) is 6.43. The highest BCUT2D eigenvalue weighted by molar-refractivity contribution is 9.11. The van der Waals surface area contributed by atoms with E-state index in [0.717, 1.165) is 14.6 Å². The lowest BCUT2D eigenvalue weighted by atomic mass is 10.0. The number of hydrogen-bond donors (Lipinski definition) is 2. The Bertz CT molecular complexity index is 451. The van der Waals surface area contributed by atoms with Crippen LogP contribution >= 0.6 is 31.9 Å². The third-order valence-corrected chi connectivity index (χ3v) is 4.04.